The number of hydrogen-bond donors (Lipinski definition) is 1. The average Bonchev–Trinajstić information content (AvgIpc) is 3.53. The van der Waals surface area contributed by atoms with Crippen molar-refractivity contribution in [2.24, 2.45) is 5.92 Å². The predicted octanol–water partition coefficient (Wildman–Crippen LogP) is 3.26. The molecule has 1 aliphatic carbocycles. The van der Waals surface area contributed by atoms with Crippen LogP contribution < -0.4 is 10.1 Å². The summed E-state index contributed by atoms with van der Waals surface area (Å²) in [6.45, 7) is 3.61. The van der Waals surface area contributed by atoms with Crippen molar-refractivity contribution in [2.75, 3.05) is 19.7 Å². The van der Waals surface area contributed by atoms with Crippen LogP contribution >= 0.6 is 0 Å². The molecule has 5 nitrogen and oxygen atoms in total. The van der Waals surface area contributed by atoms with Gasteiger partial charge in [0.15, 0.2) is 0 Å². The van der Waals surface area contributed by atoms with E-state index in [0.717, 1.165) is 39.1 Å². The fourth-order valence-electron chi connectivity index (χ4n) is 3.52. The van der Waals surface area contributed by atoms with Gasteiger partial charge in [-0.3, -0.25) is 14.7 Å². The number of likely N-dealkylation sites (tertiary alicyclic amines) is 1. The number of para-hydroxylation sites is 1. The molecule has 0 atom stereocenters. The molecule has 1 aliphatic heterocycles. The summed E-state index contributed by atoms with van der Waals surface area (Å²) in [5.74, 6) is 1.35. The first-order valence-corrected chi connectivity index (χ1v) is 9.92. The third-order valence-electron chi connectivity index (χ3n) is 5.35. The number of benzene rings is 1. The molecule has 2 fully saturated rings. The van der Waals surface area contributed by atoms with Gasteiger partial charge in [-0.15, -0.1) is 0 Å². The second-order valence-corrected chi connectivity index (χ2v) is 7.64. The van der Waals surface area contributed by atoms with Crippen LogP contribution in [0.15, 0.2) is 48.8 Å². The lowest BCUT2D eigenvalue weighted by Gasteiger charge is -2.32. The molecule has 1 saturated heterocycles. The Morgan fingerprint density at radius 3 is 2.67 bits per heavy atom. The summed E-state index contributed by atoms with van der Waals surface area (Å²) in [6, 6.07) is 11.9. The average molecular weight is 365 g/mol. The summed E-state index contributed by atoms with van der Waals surface area (Å²) in [6.07, 6.45) is 8.15. The SMILES string of the molecule is O=C(NC1CCN(Cc2cccnc2)CC1)c1ccccc1OCC1CC1. The summed E-state index contributed by atoms with van der Waals surface area (Å²) in [5.41, 5.74) is 1.89. The molecule has 4 rings (SSSR count). The molecule has 0 bridgehead atoms. The van der Waals surface area contributed by atoms with Crippen molar-refractivity contribution in [2.45, 2.75) is 38.3 Å². The molecule has 1 amide bonds. The molecule has 2 aliphatic rings. The van der Waals surface area contributed by atoms with Crippen LogP contribution in [0.25, 0.3) is 0 Å². The number of amides is 1. The van der Waals surface area contributed by atoms with Gasteiger partial charge in [0.1, 0.15) is 5.75 Å². The van der Waals surface area contributed by atoms with Crippen LogP contribution in [0.4, 0.5) is 0 Å². The number of pyridine rings is 1. The van der Waals surface area contributed by atoms with E-state index in [1.807, 2.05) is 36.5 Å². The smallest absolute Gasteiger partial charge is 0.255 e. The van der Waals surface area contributed by atoms with E-state index < -0.39 is 0 Å². The van der Waals surface area contributed by atoms with E-state index in [1.54, 1.807) is 6.20 Å². The third-order valence-corrected chi connectivity index (χ3v) is 5.35. The Kier molecular flexibility index (Phi) is 5.68. The fraction of sp³-hybridized carbons (Fsp3) is 0.455. The zero-order valence-corrected chi connectivity index (χ0v) is 15.6. The second kappa shape index (κ2) is 8.53. The van der Waals surface area contributed by atoms with Crippen LogP contribution in [0.5, 0.6) is 5.75 Å². The van der Waals surface area contributed by atoms with Crippen LogP contribution in [0.2, 0.25) is 0 Å². The molecule has 142 valence electrons. The van der Waals surface area contributed by atoms with Crippen LogP contribution in [-0.2, 0) is 6.54 Å². The predicted molar refractivity (Wildman–Crippen MR) is 105 cm³/mol. The van der Waals surface area contributed by atoms with Gasteiger partial charge in [0.05, 0.1) is 12.2 Å². The number of ether oxygens (including phenoxy) is 1. The molecule has 5 heteroatoms. The third kappa shape index (κ3) is 5.07. The highest BCUT2D eigenvalue weighted by molar-refractivity contribution is 5.97. The fourth-order valence-corrected chi connectivity index (χ4v) is 3.52. The van der Waals surface area contributed by atoms with E-state index in [0.29, 0.717) is 17.2 Å². The maximum atomic E-state index is 12.8. The minimum atomic E-state index is -0.0212. The zero-order chi connectivity index (χ0) is 18.5. The maximum absolute atomic E-state index is 12.8. The molecule has 1 aromatic heterocycles. The first-order chi connectivity index (χ1) is 13.3. The molecule has 0 unspecified atom stereocenters. The summed E-state index contributed by atoms with van der Waals surface area (Å²) in [4.78, 5) is 19.4. The van der Waals surface area contributed by atoms with Crippen molar-refractivity contribution in [1.82, 2.24) is 15.2 Å². The summed E-state index contributed by atoms with van der Waals surface area (Å²) in [5, 5.41) is 3.21. The van der Waals surface area contributed by atoms with Crippen molar-refractivity contribution in [1.29, 1.82) is 0 Å². The van der Waals surface area contributed by atoms with E-state index in [9.17, 15) is 4.79 Å². The van der Waals surface area contributed by atoms with Gasteiger partial charge in [0.2, 0.25) is 0 Å². The Balaban J connectivity index is 1.28. The molecule has 1 aromatic carbocycles. The van der Waals surface area contributed by atoms with Crippen molar-refractivity contribution >= 4 is 5.91 Å². The minimum Gasteiger partial charge on any atom is -0.492 e. The molecule has 27 heavy (non-hydrogen) atoms. The van der Waals surface area contributed by atoms with Crippen LogP contribution in [0.1, 0.15) is 41.6 Å². The molecule has 0 radical (unpaired) electrons. The molecule has 2 aromatic rings. The summed E-state index contributed by atoms with van der Waals surface area (Å²) >= 11 is 0. The van der Waals surface area contributed by atoms with Crippen LogP contribution in [-0.4, -0.2) is 41.5 Å². The lowest BCUT2D eigenvalue weighted by atomic mass is 10.0. The van der Waals surface area contributed by atoms with E-state index in [1.165, 1.54) is 18.4 Å². The van der Waals surface area contributed by atoms with Crippen LogP contribution in [0, 0.1) is 5.92 Å². The number of carbonyl (C=O) groups excluding carboxylic acids is 1. The van der Waals surface area contributed by atoms with Gasteiger partial charge in [0.25, 0.3) is 5.91 Å². The number of piperidine rings is 1. The first-order valence-electron chi connectivity index (χ1n) is 9.92. The second-order valence-electron chi connectivity index (χ2n) is 7.64. The number of nitrogens with zero attached hydrogens (tertiary/aromatic N) is 2. The van der Waals surface area contributed by atoms with Crippen molar-refractivity contribution in [3.05, 3.63) is 59.9 Å². The Labute approximate surface area is 160 Å². The zero-order valence-electron chi connectivity index (χ0n) is 15.6. The van der Waals surface area contributed by atoms with E-state index in [2.05, 4.69) is 21.3 Å². The first kappa shape index (κ1) is 18.0. The number of rotatable bonds is 7. The standard InChI is InChI=1S/C22H27N3O2/c26-22(20-5-1-2-6-21(20)27-16-17-7-8-17)24-19-9-12-25(13-10-19)15-18-4-3-11-23-14-18/h1-6,11,14,17,19H,7-10,12-13,15-16H2,(H,24,26). The molecule has 0 spiro atoms. The largest absolute Gasteiger partial charge is 0.492 e. The van der Waals surface area contributed by atoms with E-state index >= 15 is 0 Å². The Bertz CT molecular complexity index is 753. The number of hydrogen-bond acceptors (Lipinski definition) is 4. The normalized spacial score (nSPS) is 18.2. The van der Waals surface area contributed by atoms with Crippen LogP contribution in [0.3, 0.4) is 0 Å². The summed E-state index contributed by atoms with van der Waals surface area (Å²) in [7, 11) is 0. The van der Waals surface area contributed by atoms with Gasteiger partial charge in [-0.2, -0.15) is 0 Å². The number of carbonyl (C=O) groups is 1. The number of aromatic nitrogens is 1. The molecular formula is C22H27N3O2. The lowest BCUT2D eigenvalue weighted by molar-refractivity contribution is 0.0904. The van der Waals surface area contributed by atoms with Crippen molar-refractivity contribution in [3.8, 4) is 5.75 Å². The van der Waals surface area contributed by atoms with Gasteiger partial charge in [-0.1, -0.05) is 18.2 Å². The Morgan fingerprint density at radius 2 is 1.93 bits per heavy atom. The van der Waals surface area contributed by atoms with Gasteiger partial charge in [-0.25, -0.2) is 0 Å². The van der Waals surface area contributed by atoms with Gasteiger partial charge in [0, 0.05) is 38.1 Å². The minimum absolute atomic E-state index is 0.0212. The van der Waals surface area contributed by atoms with Gasteiger partial charge >= 0.3 is 0 Å². The highest BCUT2D eigenvalue weighted by Crippen LogP contribution is 2.30. The monoisotopic (exact) mass is 365 g/mol. The van der Waals surface area contributed by atoms with E-state index in [4.69, 9.17) is 4.74 Å². The Morgan fingerprint density at radius 1 is 1.11 bits per heavy atom. The summed E-state index contributed by atoms with van der Waals surface area (Å²) < 4.78 is 5.88. The Hall–Kier alpha value is -2.40. The highest BCUT2D eigenvalue weighted by atomic mass is 16.5. The topological polar surface area (TPSA) is 54.5 Å². The molecular weight excluding hydrogens is 338 g/mol. The molecule has 2 heterocycles. The van der Waals surface area contributed by atoms with E-state index in [-0.39, 0.29) is 11.9 Å². The number of nitrogens with one attached hydrogen (secondary N) is 1. The van der Waals surface area contributed by atoms with Gasteiger partial charge < -0.3 is 10.1 Å². The molecule has 1 N–H and O–H groups in total. The molecule has 1 saturated carbocycles. The highest BCUT2D eigenvalue weighted by Gasteiger charge is 2.24. The van der Waals surface area contributed by atoms with Crippen molar-refractivity contribution < 1.29 is 9.53 Å². The lowest BCUT2D eigenvalue weighted by Crippen LogP contribution is -2.44. The maximum Gasteiger partial charge on any atom is 0.255 e. The van der Waals surface area contributed by atoms with Gasteiger partial charge in [-0.05, 0) is 55.4 Å². The van der Waals surface area contributed by atoms with Crippen molar-refractivity contribution in [3.63, 3.8) is 0 Å². The quantitative estimate of drug-likeness (QED) is 0.818.